The van der Waals surface area contributed by atoms with Gasteiger partial charge >= 0.3 is 0 Å². The molecule has 1 aromatic heterocycles. The van der Waals surface area contributed by atoms with Crippen LogP contribution in [-0.2, 0) is 4.74 Å². The molecule has 31 heavy (non-hydrogen) atoms. The molecule has 7 N–H and O–H groups in total. The van der Waals surface area contributed by atoms with Gasteiger partial charge in [0, 0.05) is 6.07 Å². The van der Waals surface area contributed by atoms with Gasteiger partial charge < -0.3 is 44.9 Å². The van der Waals surface area contributed by atoms with Gasteiger partial charge in [-0.3, -0.25) is 4.79 Å². The third-order valence-electron chi connectivity index (χ3n) is 5.41. The maximum absolute atomic E-state index is 13.1. The highest BCUT2D eigenvalue weighted by Gasteiger charge is 2.46. The Bertz CT molecular complexity index is 1170. The van der Waals surface area contributed by atoms with Crippen LogP contribution in [0.25, 0.3) is 22.1 Å². The molecule has 1 saturated heterocycles. The van der Waals surface area contributed by atoms with Gasteiger partial charge in [-0.15, -0.1) is 0 Å². The van der Waals surface area contributed by atoms with Crippen molar-refractivity contribution in [3.8, 4) is 28.4 Å². The fourth-order valence-corrected chi connectivity index (χ4v) is 3.73. The molecule has 0 amide bonds. The number of aromatic hydroxyl groups is 3. The van der Waals surface area contributed by atoms with E-state index in [1.54, 1.807) is 0 Å². The van der Waals surface area contributed by atoms with Crippen molar-refractivity contribution in [3.05, 3.63) is 52.4 Å². The van der Waals surface area contributed by atoms with Crippen molar-refractivity contribution in [1.82, 2.24) is 0 Å². The summed E-state index contributed by atoms with van der Waals surface area (Å²) >= 11 is 0. The average molecular weight is 432 g/mol. The van der Waals surface area contributed by atoms with E-state index in [0.29, 0.717) is 5.56 Å². The summed E-state index contributed by atoms with van der Waals surface area (Å²) in [5, 5.41) is 70.2. The van der Waals surface area contributed by atoms with Gasteiger partial charge in [-0.25, -0.2) is 0 Å². The number of phenolic OH excluding ortho intramolecular Hbond substituents is 3. The Morgan fingerprint density at radius 3 is 2.26 bits per heavy atom. The van der Waals surface area contributed by atoms with Crippen molar-refractivity contribution in [2.75, 3.05) is 6.61 Å². The van der Waals surface area contributed by atoms with Gasteiger partial charge in [-0.05, 0) is 17.7 Å². The Hall–Kier alpha value is -3.15. The normalized spacial score (nSPS) is 26.3. The van der Waals surface area contributed by atoms with Gasteiger partial charge in [0.25, 0.3) is 0 Å². The Balaban J connectivity index is 1.90. The lowest BCUT2D eigenvalue weighted by Gasteiger charge is -2.40. The molecule has 1 aliphatic heterocycles. The molecular formula is C21H20O10. The lowest BCUT2D eigenvalue weighted by atomic mass is 9.89. The van der Waals surface area contributed by atoms with Gasteiger partial charge in [0.15, 0.2) is 0 Å². The van der Waals surface area contributed by atoms with Crippen LogP contribution in [0.15, 0.2) is 45.8 Å². The van der Waals surface area contributed by atoms with Crippen LogP contribution in [0.4, 0.5) is 0 Å². The molecule has 0 radical (unpaired) electrons. The van der Waals surface area contributed by atoms with E-state index >= 15 is 0 Å². The quantitative estimate of drug-likeness (QED) is 0.300. The van der Waals surface area contributed by atoms with Crippen molar-refractivity contribution in [1.29, 1.82) is 0 Å². The molecule has 10 nitrogen and oxygen atoms in total. The third kappa shape index (κ3) is 3.40. The summed E-state index contributed by atoms with van der Waals surface area (Å²) in [7, 11) is 0. The van der Waals surface area contributed by atoms with Crippen LogP contribution >= 0.6 is 0 Å². The summed E-state index contributed by atoms with van der Waals surface area (Å²) < 4.78 is 10.8. The first-order valence-corrected chi connectivity index (χ1v) is 9.34. The first kappa shape index (κ1) is 21.1. The van der Waals surface area contributed by atoms with Crippen LogP contribution in [-0.4, -0.2) is 66.8 Å². The molecule has 0 aliphatic carbocycles. The minimum absolute atomic E-state index is 0.00778. The van der Waals surface area contributed by atoms with E-state index in [1.807, 2.05) is 0 Å². The topological polar surface area (TPSA) is 181 Å². The molecule has 1 fully saturated rings. The monoisotopic (exact) mass is 432 g/mol. The highest BCUT2D eigenvalue weighted by molar-refractivity contribution is 5.90. The number of rotatable bonds is 3. The average Bonchev–Trinajstić information content (AvgIpc) is 2.74. The lowest BCUT2D eigenvalue weighted by molar-refractivity contribution is -0.232. The smallest absolute Gasteiger partial charge is 0.204 e. The lowest BCUT2D eigenvalue weighted by Crippen LogP contribution is -2.55. The highest BCUT2D eigenvalue weighted by Crippen LogP contribution is 2.44. The Morgan fingerprint density at radius 2 is 1.61 bits per heavy atom. The molecule has 10 heteroatoms. The van der Waals surface area contributed by atoms with Crippen molar-refractivity contribution in [2.24, 2.45) is 0 Å². The Morgan fingerprint density at radius 1 is 0.935 bits per heavy atom. The molecule has 2 aromatic carbocycles. The van der Waals surface area contributed by atoms with Crippen LogP contribution in [0.1, 0.15) is 11.7 Å². The second-order valence-corrected chi connectivity index (χ2v) is 7.31. The van der Waals surface area contributed by atoms with Gasteiger partial charge in [0.1, 0.15) is 65.0 Å². The van der Waals surface area contributed by atoms with Crippen molar-refractivity contribution >= 4 is 11.0 Å². The number of hydrogen-bond donors (Lipinski definition) is 7. The maximum atomic E-state index is 13.1. The summed E-state index contributed by atoms with van der Waals surface area (Å²) in [5.41, 5.74) is -0.741. The fraction of sp³-hybridized carbons (Fsp3) is 0.286. The largest absolute Gasteiger partial charge is 0.508 e. The highest BCUT2D eigenvalue weighted by atomic mass is 16.5. The zero-order valence-corrected chi connectivity index (χ0v) is 15.9. The zero-order valence-electron chi connectivity index (χ0n) is 15.9. The van der Waals surface area contributed by atoms with Crippen molar-refractivity contribution in [3.63, 3.8) is 0 Å². The molecule has 1 aliphatic rings. The number of ether oxygens (including phenoxy) is 1. The number of aliphatic hydroxyl groups excluding tert-OH is 4. The molecule has 4 rings (SSSR count). The summed E-state index contributed by atoms with van der Waals surface area (Å²) in [6, 6.07) is 6.74. The SMILES string of the molecule is O=c1c(-c2ccc(O)cc2)coc2cc(O)c([C@@H]3O[C@H](CO)[C@@H](O)[C@H](O)[C@H]3O)c(O)c12. The minimum atomic E-state index is -1.78. The van der Waals surface area contributed by atoms with Crippen molar-refractivity contribution in [2.45, 2.75) is 30.5 Å². The molecule has 2 heterocycles. The number of benzene rings is 2. The molecule has 0 spiro atoms. The van der Waals surface area contributed by atoms with E-state index in [9.17, 15) is 40.5 Å². The first-order valence-electron chi connectivity index (χ1n) is 9.34. The number of aliphatic hydroxyl groups is 4. The van der Waals surface area contributed by atoms with Crippen LogP contribution in [0.2, 0.25) is 0 Å². The second-order valence-electron chi connectivity index (χ2n) is 7.31. The minimum Gasteiger partial charge on any atom is -0.508 e. The molecule has 5 atom stereocenters. The second kappa shape index (κ2) is 7.84. The molecule has 0 saturated carbocycles. The third-order valence-corrected chi connectivity index (χ3v) is 5.41. The van der Waals surface area contributed by atoms with E-state index in [1.165, 1.54) is 24.3 Å². The molecule has 164 valence electrons. The standard InChI is InChI=1S/C21H20O10/c22-6-13-17(26)19(28)20(29)21(31-13)14-11(24)5-12-15(18(14)27)16(25)10(7-30-12)8-1-3-9(23)4-2-8/h1-5,7,13,17,19-24,26-29H,6H2/t13-,17-,19+,20-,21+/m1/s1. The van der Waals surface area contributed by atoms with E-state index in [-0.39, 0.29) is 22.3 Å². The fourth-order valence-electron chi connectivity index (χ4n) is 3.73. The molecule has 3 aromatic rings. The number of phenols is 3. The predicted molar refractivity (Wildman–Crippen MR) is 106 cm³/mol. The number of hydrogen-bond acceptors (Lipinski definition) is 10. The molecule has 0 bridgehead atoms. The summed E-state index contributed by atoms with van der Waals surface area (Å²) in [4.78, 5) is 13.1. The van der Waals surface area contributed by atoms with Gasteiger partial charge in [-0.2, -0.15) is 0 Å². The van der Waals surface area contributed by atoms with Crippen LogP contribution in [0.5, 0.6) is 17.2 Å². The van der Waals surface area contributed by atoms with E-state index in [2.05, 4.69) is 0 Å². The van der Waals surface area contributed by atoms with Crippen LogP contribution in [0.3, 0.4) is 0 Å². The Kier molecular flexibility index (Phi) is 5.33. The zero-order chi connectivity index (χ0) is 22.4. The number of fused-ring (bicyclic) bond motifs is 1. The molecular weight excluding hydrogens is 412 g/mol. The van der Waals surface area contributed by atoms with E-state index in [0.717, 1.165) is 12.3 Å². The first-order chi connectivity index (χ1) is 14.7. The van der Waals surface area contributed by atoms with E-state index < -0.39 is 59.6 Å². The van der Waals surface area contributed by atoms with E-state index in [4.69, 9.17) is 9.15 Å². The van der Waals surface area contributed by atoms with Gasteiger partial charge in [0.05, 0.1) is 17.7 Å². The predicted octanol–water partition coefficient (Wildman–Crippen LogP) is 0.0917. The van der Waals surface area contributed by atoms with Gasteiger partial charge in [0.2, 0.25) is 5.43 Å². The maximum Gasteiger partial charge on any atom is 0.204 e. The summed E-state index contributed by atoms with van der Waals surface area (Å²) in [6.45, 7) is -0.705. The summed E-state index contributed by atoms with van der Waals surface area (Å²) in [6.07, 6.45) is -6.85. The molecule has 0 unspecified atom stereocenters. The van der Waals surface area contributed by atoms with Crippen LogP contribution in [0, 0.1) is 0 Å². The van der Waals surface area contributed by atoms with Gasteiger partial charge in [-0.1, -0.05) is 12.1 Å². The van der Waals surface area contributed by atoms with Crippen LogP contribution < -0.4 is 5.43 Å². The Labute approximate surface area is 174 Å². The van der Waals surface area contributed by atoms with Crippen molar-refractivity contribution < 1.29 is 44.9 Å². The summed E-state index contributed by atoms with van der Waals surface area (Å²) in [5.74, 6) is -1.34.